The van der Waals surface area contributed by atoms with Crippen molar-refractivity contribution in [1.82, 2.24) is 0 Å². The molecule has 0 saturated heterocycles. The highest BCUT2D eigenvalue weighted by Crippen LogP contribution is 2.93. The first kappa shape index (κ1) is 18.3. The fraction of sp³-hybridized carbons (Fsp3) is 0.692. The van der Waals surface area contributed by atoms with E-state index in [-0.39, 0.29) is 16.7 Å². The standard InChI is InChI=1S/C26H34N2O/c1-23(2)20-12-24(22(29)28-14-17-8-10-19(27)11-9-17)15-25(18-6-4-3-5-7-18)13-21(23)26(20,25)16-24/h3-7,14,17,19-21H,8-13,15-16,27H2,1-2H3. The predicted molar refractivity (Wildman–Crippen MR) is 116 cm³/mol. The van der Waals surface area contributed by atoms with Gasteiger partial charge in [-0.15, -0.1) is 0 Å². The van der Waals surface area contributed by atoms with Gasteiger partial charge in [0, 0.05) is 17.7 Å². The maximum Gasteiger partial charge on any atom is 0.251 e. The molecule has 0 radical (unpaired) electrons. The first-order chi connectivity index (χ1) is 13.8. The molecule has 5 unspecified atom stereocenters. The van der Waals surface area contributed by atoms with Crippen molar-refractivity contribution in [3.05, 3.63) is 35.9 Å². The summed E-state index contributed by atoms with van der Waals surface area (Å²) in [4.78, 5) is 18.2. The van der Waals surface area contributed by atoms with Gasteiger partial charge in [0.2, 0.25) is 0 Å². The average molecular weight is 391 g/mol. The molecule has 5 saturated carbocycles. The Balaban J connectivity index is 1.32. The molecule has 154 valence electrons. The van der Waals surface area contributed by atoms with E-state index in [9.17, 15) is 4.79 Å². The summed E-state index contributed by atoms with van der Waals surface area (Å²) < 4.78 is 0. The lowest BCUT2D eigenvalue weighted by Crippen LogP contribution is -2.76. The maximum absolute atomic E-state index is 13.6. The Morgan fingerprint density at radius 3 is 2.45 bits per heavy atom. The van der Waals surface area contributed by atoms with Gasteiger partial charge in [0.1, 0.15) is 0 Å². The number of nitrogens with two attached hydrogens (primary N) is 1. The van der Waals surface area contributed by atoms with E-state index in [2.05, 4.69) is 49.2 Å². The number of amides is 1. The molecule has 0 aromatic heterocycles. The zero-order valence-electron chi connectivity index (χ0n) is 17.9. The fourth-order valence-corrected chi connectivity index (χ4v) is 9.16. The molecule has 0 aliphatic heterocycles. The molecule has 1 spiro atoms. The van der Waals surface area contributed by atoms with Crippen molar-refractivity contribution in [3.8, 4) is 0 Å². The van der Waals surface area contributed by atoms with Crippen LogP contribution in [0.2, 0.25) is 0 Å². The van der Waals surface area contributed by atoms with E-state index in [0.29, 0.717) is 28.7 Å². The second kappa shape index (κ2) is 5.60. The Morgan fingerprint density at radius 2 is 1.72 bits per heavy atom. The first-order valence-corrected chi connectivity index (χ1v) is 11.7. The molecule has 5 aliphatic rings. The van der Waals surface area contributed by atoms with Gasteiger partial charge in [0.05, 0.1) is 5.41 Å². The van der Waals surface area contributed by atoms with Gasteiger partial charge in [-0.05, 0) is 85.5 Å². The van der Waals surface area contributed by atoms with Crippen molar-refractivity contribution in [2.75, 3.05) is 0 Å². The van der Waals surface area contributed by atoms with Gasteiger partial charge in [-0.3, -0.25) is 4.79 Å². The van der Waals surface area contributed by atoms with Gasteiger partial charge in [-0.25, -0.2) is 4.99 Å². The average Bonchev–Trinajstić information content (AvgIpc) is 3.19. The minimum absolute atomic E-state index is 0.190. The molecule has 5 fully saturated rings. The lowest BCUT2D eigenvalue weighted by molar-refractivity contribution is -0.291. The lowest BCUT2D eigenvalue weighted by atomic mass is 9.23. The largest absolute Gasteiger partial charge is 0.328 e. The minimum Gasteiger partial charge on any atom is -0.328 e. The third kappa shape index (κ3) is 2.03. The minimum atomic E-state index is -0.218. The Morgan fingerprint density at radius 1 is 1.03 bits per heavy atom. The van der Waals surface area contributed by atoms with Crippen molar-refractivity contribution in [3.63, 3.8) is 0 Å². The molecule has 1 aromatic carbocycles. The van der Waals surface area contributed by atoms with Crippen molar-refractivity contribution < 1.29 is 4.79 Å². The highest BCUT2D eigenvalue weighted by molar-refractivity contribution is 5.91. The number of carbonyl (C=O) groups excluding carboxylic acids is 1. The Hall–Kier alpha value is -1.48. The van der Waals surface area contributed by atoms with Crippen LogP contribution in [0.3, 0.4) is 0 Å². The number of aliphatic imine (C=N–C) groups is 1. The molecule has 5 atom stereocenters. The quantitative estimate of drug-likeness (QED) is 0.748. The third-order valence-electron chi connectivity index (χ3n) is 10.3. The van der Waals surface area contributed by atoms with Crippen LogP contribution in [0.25, 0.3) is 0 Å². The smallest absolute Gasteiger partial charge is 0.251 e. The van der Waals surface area contributed by atoms with E-state index in [1.807, 2.05) is 6.21 Å². The van der Waals surface area contributed by atoms with Crippen LogP contribution < -0.4 is 5.73 Å². The summed E-state index contributed by atoms with van der Waals surface area (Å²) in [5.74, 6) is 2.09. The van der Waals surface area contributed by atoms with Crippen molar-refractivity contribution >= 4 is 12.1 Å². The highest BCUT2D eigenvalue weighted by Gasteiger charge is 2.90. The number of hydrogen-bond acceptors (Lipinski definition) is 2. The molecule has 2 N–H and O–H groups in total. The molecule has 1 aromatic rings. The zero-order valence-corrected chi connectivity index (χ0v) is 17.9. The summed E-state index contributed by atoms with van der Waals surface area (Å²) in [5.41, 5.74) is 8.27. The van der Waals surface area contributed by atoms with Crippen LogP contribution in [0.15, 0.2) is 35.3 Å². The Bertz CT molecular complexity index is 883. The molecule has 3 heteroatoms. The number of fused-ring (bicyclic) bond motifs is 1. The van der Waals surface area contributed by atoms with Crippen molar-refractivity contribution in [2.45, 2.75) is 76.7 Å². The number of carbonyl (C=O) groups is 1. The Kier molecular flexibility index (Phi) is 3.54. The Labute approximate surface area is 174 Å². The molecule has 29 heavy (non-hydrogen) atoms. The van der Waals surface area contributed by atoms with E-state index in [0.717, 1.165) is 50.9 Å². The van der Waals surface area contributed by atoms with Crippen molar-refractivity contribution in [1.29, 1.82) is 0 Å². The molecule has 1 amide bonds. The monoisotopic (exact) mass is 390 g/mol. The van der Waals surface area contributed by atoms with Gasteiger partial charge in [-0.2, -0.15) is 0 Å². The van der Waals surface area contributed by atoms with E-state index in [4.69, 9.17) is 5.73 Å². The van der Waals surface area contributed by atoms with Crippen LogP contribution in [0.4, 0.5) is 0 Å². The normalized spacial score (nSPS) is 48.8. The second-order valence-electron chi connectivity index (χ2n) is 11.7. The van der Waals surface area contributed by atoms with Crippen LogP contribution in [0.1, 0.15) is 70.8 Å². The molecule has 3 nitrogen and oxygen atoms in total. The third-order valence-corrected chi connectivity index (χ3v) is 10.3. The lowest BCUT2D eigenvalue weighted by Gasteiger charge is -2.80. The highest BCUT2D eigenvalue weighted by atomic mass is 16.1. The van der Waals surface area contributed by atoms with Crippen LogP contribution in [0, 0.1) is 34.0 Å². The summed E-state index contributed by atoms with van der Waals surface area (Å²) in [6.07, 6.45) is 10.7. The number of nitrogens with zero attached hydrogens (tertiary/aromatic N) is 1. The van der Waals surface area contributed by atoms with Gasteiger partial charge >= 0.3 is 0 Å². The summed E-state index contributed by atoms with van der Waals surface area (Å²) in [5, 5.41) is 0. The van der Waals surface area contributed by atoms with E-state index >= 15 is 0 Å². The van der Waals surface area contributed by atoms with Gasteiger partial charge in [-0.1, -0.05) is 44.2 Å². The predicted octanol–water partition coefficient (Wildman–Crippen LogP) is 4.89. The van der Waals surface area contributed by atoms with E-state index in [1.54, 1.807) is 0 Å². The van der Waals surface area contributed by atoms with E-state index < -0.39 is 0 Å². The van der Waals surface area contributed by atoms with Gasteiger partial charge in [0.15, 0.2) is 0 Å². The fourth-order valence-electron chi connectivity index (χ4n) is 9.16. The van der Waals surface area contributed by atoms with Crippen LogP contribution in [-0.2, 0) is 10.2 Å². The van der Waals surface area contributed by atoms with Crippen LogP contribution in [-0.4, -0.2) is 18.2 Å². The summed E-state index contributed by atoms with van der Waals surface area (Å²) in [7, 11) is 0. The van der Waals surface area contributed by atoms with Crippen molar-refractivity contribution in [2.24, 2.45) is 44.7 Å². The first-order valence-electron chi connectivity index (χ1n) is 11.7. The van der Waals surface area contributed by atoms with Crippen LogP contribution >= 0.6 is 0 Å². The molecule has 0 heterocycles. The second-order valence-corrected chi connectivity index (χ2v) is 11.7. The van der Waals surface area contributed by atoms with Gasteiger partial charge in [0.25, 0.3) is 5.91 Å². The zero-order chi connectivity index (χ0) is 20.1. The SMILES string of the molecule is CC1(C)C2CC3(C(=O)N=CC4CCC(N)CC4)CC4(c5ccccc5)CC1C24C3. The summed E-state index contributed by atoms with van der Waals surface area (Å²) in [6, 6.07) is 11.5. The number of rotatable bonds is 3. The topological polar surface area (TPSA) is 55.5 Å². The molecular weight excluding hydrogens is 356 g/mol. The van der Waals surface area contributed by atoms with E-state index in [1.165, 1.54) is 12.0 Å². The maximum atomic E-state index is 13.6. The number of benzene rings is 1. The molecular formula is C26H34N2O. The van der Waals surface area contributed by atoms with Gasteiger partial charge < -0.3 is 5.73 Å². The molecule has 2 bridgehead atoms. The van der Waals surface area contributed by atoms with Crippen LogP contribution in [0.5, 0.6) is 0 Å². The summed E-state index contributed by atoms with van der Waals surface area (Å²) >= 11 is 0. The molecule has 6 rings (SSSR count). The molecule has 5 aliphatic carbocycles. The number of hydrogen-bond donors (Lipinski definition) is 1. The summed E-state index contributed by atoms with van der Waals surface area (Å²) in [6.45, 7) is 4.91.